The second kappa shape index (κ2) is 8.22. The monoisotopic (exact) mass is 299 g/mol. The van der Waals surface area contributed by atoms with Gasteiger partial charge in [0.15, 0.2) is 0 Å². The molecule has 122 valence electrons. The number of carbonyl (C=O) groups excluding carboxylic acids is 1. The molecule has 1 saturated heterocycles. The van der Waals surface area contributed by atoms with Gasteiger partial charge in [-0.15, -0.1) is 0 Å². The summed E-state index contributed by atoms with van der Waals surface area (Å²) in [5, 5.41) is 8.90. The summed E-state index contributed by atoms with van der Waals surface area (Å²) in [4.78, 5) is 29.3. The molecule has 1 rings (SSSR count). The molecule has 6 heteroatoms. The van der Waals surface area contributed by atoms with Crippen LogP contribution in [0.15, 0.2) is 0 Å². The number of nitrogens with zero attached hydrogens (tertiary/aromatic N) is 3. The highest BCUT2D eigenvalue weighted by molar-refractivity contribution is 5.76. The Kier molecular flexibility index (Phi) is 6.95. The molecule has 1 atom stereocenters. The van der Waals surface area contributed by atoms with Crippen molar-refractivity contribution in [1.82, 2.24) is 14.7 Å². The number of carboxylic acids is 1. The highest BCUT2D eigenvalue weighted by Crippen LogP contribution is 2.18. The molecule has 1 aliphatic heterocycles. The summed E-state index contributed by atoms with van der Waals surface area (Å²) in [5.41, 5.74) is 0. The maximum atomic E-state index is 12.6. The molecule has 2 amide bonds. The van der Waals surface area contributed by atoms with Crippen molar-refractivity contribution >= 4 is 12.0 Å². The van der Waals surface area contributed by atoms with Crippen molar-refractivity contribution < 1.29 is 14.7 Å². The van der Waals surface area contributed by atoms with E-state index in [-0.39, 0.29) is 24.5 Å². The lowest BCUT2D eigenvalue weighted by Gasteiger charge is -2.39. The predicted octanol–water partition coefficient (Wildman–Crippen LogP) is 1.71. The first-order chi connectivity index (χ1) is 9.90. The van der Waals surface area contributed by atoms with Crippen LogP contribution in [-0.4, -0.2) is 77.1 Å². The van der Waals surface area contributed by atoms with Gasteiger partial charge in [-0.3, -0.25) is 4.79 Å². The maximum absolute atomic E-state index is 12.6. The fourth-order valence-corrected chi connectivity index (χ4v) is 2.98. The van der Waals surface area contributed by atoms with Gasteiger partial charge in [0.25, 0.3) is 0 Å². The molecule has 0 aliphatic carbocycles. The Morgan fingerprint density at radius 1 is 1.29 bits per heavy atom. The number of likely N-dealkylation sites (tertiary alicyclic amines) is 1. The average molecular weight is 299 g/mol. The Labute approximate surface area is 127 Å². The molecule has 0 radical (unpaired) electrons. The molecule has 6 nitrogen and oxygen atoms in total. The molecule has 0 aromatic rings. The van der Waals surface area contributed by atoms with E-state index >= 15 is 0 Å². The fraction of sp³-hybridized carbons (Fsp3) is 0.867. The van der Waals surface area contributed by atoms with Gasteiger partial charge in [0.1, 0.15) is 0 Å². The number of carboxylic acid groups (broad SMARTS) is 1. The molecule has 0 spiro atoms. The van der Waals surface area contributed by atoms with Crippen molar-refractivity contribution in [3.63, 3.8) is 0 Å². The SMILES string of the molecule is CCN1CCC(N(C)C(=O)N(CC)C(C)CC(=O)O)CC1. The van der Waals surface area contributed by atoms with Crippen LogP contribution >= 0.6 is 0 Å². The number of piperidine rings is 1. The van der Waals surface area contributed by atoms with Gasteiger partial charge in [-0.2, -0.15) is 0 Å². The lowest BCUT2D eigenvalue weighted by Crippen LogP contribution is -2.52. The molecule has 0 aromatic heterocycles. The lowest BCUT2D eigenvalue weighted by molar-refractivity contribution is -0.138. The van der Waals surface area contributed by atoms with Crippen LogP contribution in [0.4, 0.5) is 4.79 Å². The third-order valence-electron chi connectivity index (χ3n) is 4.44. The van der Waals surface area contributed by atoms with Crippen molar-refractivity contribution in [2.24, 2.45) is 0 Å². The Bertz CT molecular complexity index is 354. The van der Waals surface area contributed by atoms with Gasteiger partial charge in [-0.05, 0) is 33.2 Å². The first-order valence-electron chi connectivity index (χ1n) is 7.88. The smallest absolute Gasteiger partial charge is 0.320 e. The number of urea groups is 1. The predicted molar refractivity (Wildman–Crippen MR) is 82.4 cm³/mol. The molecule has 1 heterocycles. The van der Waals surface area contributed by atoms with Crippen LogP contribution in [-0.2, 0) is 4.79 Å². The summed E-state index contributed by atoms with van der Waals surface area (Å²) in [5.74, 6) is -0.868. The van der Waals surface area contributed by atoms with Crippen molar-refractivity contribution in [3.05, 3.63) is 0 Å². The normalized spacial score (nSPS) is 18.3. The molecular formula is C15H29N3O3. The van der Waals surface area contributed by atoms with E-state index in [9.17, 15) is 9.59 Å². The highest BCUT2D eigenvalue weighted by atomic mass is 16.4. The largest absolute Gasteiger partial charge is 0.481 e. The summed E-state index contributed by atoms with van der Waals surface area (Å²) in [6.45, 7) is 9.48. The summed E-state index contributed by atoms with van der Waals surface area (Å²) in [6, 6.07) is -0.0780. The van der Waals surface area contributed by atoms with Crippen LogP contribution in [0.1, 0.15) is 40.0 Å². The van der Waals surface area contributed by atoms with Crippen molar-refractivity contribution in [2.45, 2.75) is 52.1 Å². The zero-order chi connectivity index (χ0) is 16.0. The molecule has 1 N–H and O–H groups in total. The van der Waals surface area contributed by atoms with E-state index in [1.165, 1.54) is 0 Å². The van der Waals surface area contributed by atoms with Gasteiger partial charge in [-0.25, -0.2) is 4.79 Å². The van der Waals surface area contributed by atoms with Crippen molar-refractivity contribution in [3.8, 4) is 0 Å². The Morgan fingerprint density at radius 3 is 2.29 bits per heavy atom. The van der Waals surface area contributed by atoms with Gasteiger partial charge in [0.05, 0.1) is 6.42 Å². The molecule has 1 aliphatic rings. The van der Waals surface area contributed by atoms with Crippen LogP contribution in [0, 0.1) is 0 Å². The van der Waals surface area contributed by atoms with Crippen LogP contribution < -0.4 is 0 Å². The first-order valence-corrected chi connectivity index (χ1v) is 7.88. The molecule has 0 aromatic carbocycles. The van der Waals surface area contributed by atoms with Crippen molar-refractivity contribution in [2.75, 3.05) is 33.2 Å². The minimum Gasteiger partial charge on any atom is -0.481 e. The van der Waals surface area contributed by atoms with E-state index in [1.807, 2.05) is 14.0 Å². The van der Waals surface area contributed by atoms with Crippen molar-refractivity contribution in [1.29, 1.82) is 0 Å². The summed E-state index contributed by atoms with van der Waals surface area (Å²) < 4.78 is 0. The topological polar surface area (TPSA) is 64.1 Å². The van der Waals surface area contributed by atoms with Gasteiger partial charge in [0.2, 0.25) is 0 Å². The molecule has 0 bridgehead atoms. The molecule has 1 unspecified atom stereocenters. The van der Waals surface area contributed by atoms with E-state index in [2.05, 4.69) is 11.8 Å². The van der Waals surface area contributed by atoms with Gasteiger partial charge >= 0.3 is 12.0 Å². The second-order valence-electron chi connectivity index (χ2n) is 5.79. The summed E-state index contributed by atoms with van der Waals surface area (Å²) >= 11 is 0. The third kappa shape index (κ3) is 4.88. The summed E-state index contributed by atoms with van der Waals surface area (Å²) in [7, 11) is 1.84. The van der Waals surface area contributed by atoms with Crippen LogP contribution in [0.25, 0.3) is 0 Å². The Morgan fingerprint density at radius 2 is 1.86 bits per heavy atom. The first kappa shape index (κ1) is 17.8. The number of aliphatic carboxylic acids is 1. The van der Waals surface area contributed by atoms with Crippen LogP contribution in [0.2, 0.25) is 0 Å². The number of carbonyl (C=O) groups is 2. The maximum Gasteiger partial charge on any atom is 0.320 e. The number of hydrogen-bond donors (Lipinski definition) is 1. The van der Waals surface area contributed by atoms with E-state index in [0.29, 0.717) is 6.54 Å². The quantitative estimate of drug-likeness (QED) is 0.811. The van der Waals surface area contributed by atoms with Gasteiger partial charge < -0.3 is 19.8 Å². The number of hydrogen-bond acceptors (Lipinski definition) is 3. The zero-order valence-electron chi connectivity index (χ0n) is 13.7. The van der Waals surface area contributed by atoms with E-state index in [1.54, 1.807) is 16.7 Å². The lowest BCUT2D eigenvalue weighted by atomic mass is 10.0. The fourth-order valence-electron chi connectivity index (χ4n) is 2.98. The Balaban J connectivity index is 2.61. The second-order valence-corrected chi connectivity index (χ2v) is 5.79. The van der Waals surface area contributed by atoms with E-state index in [0.717, 1.165) is 32.5 Å². The molecular weight excluding hydrogens is 270 g/mol. The summed E-state index contributed by atoms with van der Waals surface area (Å²) in [6.07, 6.45) is 1.96. The van der Waals surface area contributed by atoms with E-state index < -0.39 is 5.97 Å². The standard InChI is InChI=1S/C15H29N3O3/c1-5-17-9-7-13(8-10-17)16(4)15(21)18(6-2)12(3)11-14(19)20/h12-13H,5-11H2,1-4H3,(H,19,20). The minimum absolute atomic E-state index is 0.0122. The van der Waals surface area contributed by atoms with Crippen LogP contribution in [0.3, 0.4) is 0 Å². The Hall–Kier alpha value is -1.30. The zero-order valence-corrected chi connectivity index (χ0v) is 13.7. The number of amides is 2. The average Bonchev–Trinajstić information content (AvgIpc) is 2.46. The van der Waals surface area contributed by atoms with E-state index in [4.69, 9.17) is 5.11 Å². The van der Waals surface area contributed by atoms with Gasteiger partial charge in [-0.1, -0.05) is 6.92 Å². The van der Waals surface area contributed by atoms with Gasteiger partial charge in [0, 0.05) is 38.8 Å². The number of rotatable bonds is 6. The molecule has 1 fully saturated rings. The molecule has 21 heavy (non-hydrogen) atoms. The third-order valence-corrected chi connectivity index (χ3v) is 4.44. The highest BCUT2D eigenvalue weighted by Gasteiger charge is 2.29. The van der Waals surface area contributed by atoms with Crippen LogP contribution in [0.5, 0.6) is 0 Å². The minimum atomic E-state index is -0.868. The molecule has 0 saturated carbocycles.